The van der Waals surface area contributed by atoms with Gasteiger partial charge in [0.05, 0.1) is 5.92 Å². The number of cyclic esters (lactones) is 1. The van der Waals surface area contributed by atoms with Crippen molar-refractivity contribution in [2.24, 2.45) is 5.92 Å². The SMILES string of the molecule is CC(=O)OC[C@H]1O[C@@H](O[C@@H]2COC(=O)[C@@H]2Cc2ccccc2)[C@H](OC(C)=O)[C@@H](OC(C)=O)[C@@H]1OC(C)=O. The summed E-state index contributed by atoms with van der Waals surface area (Å²) >= 11 is 0. The highest BCUT2D eigenvalue weighted by Crippen LogP contribution is 2.33. The van der Waals surface area contributed by atoms with Gasteiger partial charge in [-0.2, -0.15) is 0 Å². The minimum absolute atomic E-state index is 0.0940. The second kappa shape index (κ2) is 12.6. The van der Waals surface area contributed by atoms with E-state index in [0.29, 0.717) is 6.42 Å². The van der Waals surface area contributed by atoms with Gasteiger partial charge in [-0.3, -0.25) is 24.0 Å². The van der Waals surface area contributed by atoms with E-state index in [1.54, 1.807) is 0 Å². The molecule has 12 heteroatoms. The highest BCUT2D eigenvalue weighted by molar-refractivity contribution is 5.75. The first-order valence-corrected chi connectivity index (χ1v) is 11.7. The average molecular weight is 523 g/mol. The van der Waals surface area contributed by atoms with Gasteiger partial charge in [-0.05, 0) is 12.0 Å². The van der Waals surface area contributed by atoms with Crippen LogP contribution in [0.5, 0.6) is 0 Å². The van der Waals surface area contributed by atoms with Crippen LogP contribution in [-0.2, 0) is 63.6 Å². The topological polar surface area (TPSA) is 150 Å². The number of carbonyl (C=O) groups excluding carboxylic acids is 5. The van der Waals surface area contributed by atoms with Crippen molar-refractivity contribution in [1.82, 2.24) is 0 Å². The predicted molar refractivity (Wildman–Crippen MR) is 121 cm³/mol. The van der Waals surface area contributed by atoms with Gasteiger partial charge in [0.25, 0.3) is 0 Å². The third-order valence-electron chi connectivity index (χ3n) is 5.70. The fraction of sp³-hybridized carbons (Fsp3) is 0.560. The molecule has 3 rings (SSSR count). The molecule has 0 aromatic heterocycles. The molecule has 0 unspecified atom stereocenters. The standard InChI is InChI=1S/C25H30O12/c1-13(26)31-12-20-21(33-14(2)27)22(34-15(3)28)23(35-16(4)29)25(37-20)36-19-11-32-24(30)18(19)10-17-8-6-5-7-9-17/h5-9,18-23,25H,10-12H2,1-4H3/t18-,19-,20-,21-,22+,23-,25-/m1/s1. The third-order valence-corrected chi connectivity index (χ3v) is 5.70. The molecule has 0 amide bonds. The van der Waals surface area contributed by atoms with E-state index in [1.807, 2.05) is 30.3 Å². The van der Waals surface area contributed by atoms with Crippen molar-refractivity contribution in [2.75, 3.05) is 13.2 Å². The molecule has 0 spiro atoms. The fourth-order valence-electron chi connectivity index (χ4n) is 4.23. The Kier molecular flexibility index (Phi) is 9.59. The lowest BCUT2D eigenvalue weighted by Gasteiger charge is -2.44. The average Bonchev–Trinajstić information content (AvgIpc) is 3.15. The van der Waals surface area contributed by atoms with E-state index in [2.05, 4.69) is 0 Å². The van der Waals surface area contributed by atoms with Gasteiger partial charge in [-0.1, -0.05) is 30.3 Å². The molecule has 7 atom stereocenters. The maximum atomic E-state index is 12.5. The van der Waals surface area contributed by atoms with Gasteiger partial charge < -0.3 is 33.2 Å². The molecule has 2 fully saturated rings. The number of benzene rings is 1. The van der Waals surface area contributed by atoms with Crippen molar-refractivity contribution in [3.63, 3.8) is 0 Å². The van der Waals surface area contributed by atoms with Crippen molar-refractivity contribution >= 4 is 29.8 Å². The van der Waals surface area contributed by atoms with Crippen LogP contribution in [0, 0.1) is 5.92 Å². The molecule has 0 radical (unpaired) electrons. The first-order chi connectivity index (χ1) is 17.5. The molecule has 2 saturated heterocycles. The molecule has 1 aromatic rings. The molecule has 202 valence electrons. The zero-order valence-corrected chi connectivity index (χ0v) is 20.9. The number of rotatable bonds is 9. The smallest absolute Gasteiger partial charge is 0.312 e. The quantitative estimate of drug-likeness (QED) is 0.334. The van der Waals surface area contributed by atoms with Gasteiger partial charge in [-0.25, -0.2) is 0 Å². The number of ether oxygens (including phenoxy) is 7. The van der Waals surface area contributed by atoms with Crippen LogP contribution in [0.25, 0.3) is 0 Å². The van der Waals surface area contributed by atoms with Crippen molar-refractivity contribution in [1.29, 1.82) is 0 Å². The van der Waals surface area contributed by atoms with E-state index in [-0.39, 0.29) is 13.2 Å². The third kappa shape index (κ3) is 7.73. The summed E-state index contributed by atoms with van der Waals surface area (Å²) in [6.45, 7) is 4.09. The van der Waals surface area contributed by atoms with Crippen LogP contribution in [0.3, 0.4) is 0 Å². The minimum Gasteiger partial charge on any atom is -0.463 e. The van der Waals surface area contributed by atoms with Crippen LogP contribution in [-0.4, -0.2) is 79.9 Å². The van der Waals surface area contributed by atoms with Crippen molar-refractivity contribution < 1.29 is 57.1 Å². The number of hydrogen-bond donors (Lipinski definition) is 0. The summed E-state index contributed by atoms with van der Waals surface area (Å²) in [6, 6.07) is 9.24. The van der Waals surface area contributed by atoms with Crippen LogP contribution in [0.1, 0.15) is 33.3 Å². The minimum atomic E-state index is -1.39. The fourth-order valence-corrected chi connectivity index (χ4v) is 4.23. The Morgan fingerprint density at radius 1 is 0.838 bits per heavy atom. The Morgan fingerprint density at radius 2 is 1.43 bits per heavy atom. The maximum Gasteiger partial charge on any atom is 0.312 e. The second-order valence-electron chi connectivity index (χ2n) is 8.67. The molecule has 2 aliphatic heterocycles. The van der Waals surface area contributed by atoms with E-state index in [0.717, 1.165) is 26.3 Å². The molecular weight excluding hydrogens is 492 g/mol. The molecule has 0 aliphatic carbocycles. The summed E-state index contributed by atoms with van der Waals surface area (Å²) in [5, 5.41) is 0. The summed E-state index contributed by atoms with van der Waals surface area (Å²) in [5.74, 6) is -4.05. The summed E-state index contributed by atoms with van der Waals surface area (Å²) in [4.78, 5) is 59.8. The van der Waals surface area contributed by atoms with Crippen molar-refractivity contribution in [2.45, 2.75) is 70.9 Å². The first kappa shape index (κ1) is 28.1. The molecule has 1 aromatic carbocycles. The normalized spacial score (nSPS) is 29.1. The zero-order chi connectivity index (χ0) is 27.1. The van der Waals surface area contributed by atoms with Gasteiger partial charge in [-0.15, -0.1) is 0 Å². The summed E-state index contributed by atoms with van der Waals surface area (Å²) < 4.78 is 38.5. The van der Waals surface area contributed by atoms with E-state index in [9.17, 15) is 24.0 Å². The molecule has 0 bridgehead atoms. The lowest BCUT2D eigenvalue weighted by atomic mass is 9.95. The summed E-state index contributed by atoms with van der Waals surface area (Å²) in [7, 11) is 0. The van der Waals surface area contributed by atoms with Crippen LogP contribution in [0.2, 0.25) is 0 Å². The molecule has 37 heavy (non-hydrogen) atoms. The Morgan fingerprint density at radius 3 is 2.03 bits per heavy atom. The van der Waals surface area contributed by atoms with Crippen LogP contribution in [0.15, 0.2) is 30.3 Å². The molecule has 0 N–H and O–H groups in total. The molecule has 2 heterocycles. The number of carbonyl (C=O) groups is 5. The highest BCUT2D eigenvalue weighted by Gasteiger charge is 2.54. The van der Waals surface area contributed by atoms with Crippen molar-refractivity contribution in [3.8, 4) is 0 Å². The monoisotopic (exact) mass is 522 g/mol. The Hall–Kier alpha value is -3.51. The second-order valence-corrected chi connectivity index (χ2v) is 8.67. The predicted octanol–water partition coefficient (Wildman–Crippen LogP) is 0.870. The van der Waals surface area contributed by atoms with Crippen LogP contribution < -0.4 is 0 Å². The van der Waals surface area contributed by atoms with Gasteiger partial charge in [0, 0.05) is 27.7 Å². The van der Waals surface area contributed by atoms with E-state index in [1.165, 1.54) is 6.92 Å². The lowest BCUT2D eigenvalue weighted by molar-refractivity contribution is -0.318. The number of hydrogen-bond acceptors (Lipinski definition) is 12. The molecule has 2 aliphatic rings. The van der Waals surface area contributed by atoms with E-state index < -0.39 is 72.6 Å². The summed E-state index contributed by atoms with van der Waals surface area (Å²) in [5.41, 5.74) is 0.876. The Bertz CT molecular complexity index is 993. The lowest BCUT2D eigenvalue weighted by Crippen LogP contribution is -2.63. The van der Waals surface area contributed by atoms with E-state index >= 15 is 0 Å². The van der Waals surface area contributed by atoms with Gasteiger partial charge >= 0.3 is 29.8 Å². The zero-order valence-electron chi connectivity index (χ0n) is 20.9. The Labute approximate surface area is 213 Å². The summed E-state index contributed by atoms with van der Waals surface area (Å²) in [6.07, 6.45) is -7.09. The van der Waals surface area contributed by atoms with Crippen LogP contribution in [0.4, 0.5) is 0 Å². The van der Waals surface area contributed by atoms with Gasteiger partial charge in [0.15, 0.2) is 24.6 Å². The first-order valence-electron chi connectivity index (χ1n) is 11.7. The largest absolute Gasteiger partial charge is 0.463 e. The maximum absolute atomic E-state index is 12.5. The molecular formula is C25H30O12. The van der Waals surface area contributed by atoms with Crippen molar-refractivity contribution in [3.05, 3.63) is 35.9 Å². The highest BCUT2D eigenvalue weighted by atomic mass is 16.7. The van der Waals surface area contributed by atoms with Gasteiger partial charge in [0.2, 0.25) is 0 Å². The van der Waals surface area contributed by atoms with Crippen LogP contribution >= 0.6 is 0 Å². The molecule has 12 nitrogen and oxygen atoms in total. The van der Waals surface area contributed by atoms with Gasteiger partial charge in [0.1, 0.15) is 25.4 Å². The van der Waals surface area contributed by atoms with E-state index in [4.69, 9.17) is 33.2 Å². The Balaban J connectivity index is 1.92. The number of esters is 5. The molecule has 0 saturated carbocycles.